The van der Waals surface area contributed by atoms with E-state index >= 15 is 0 Å². The van der Waals surface area contributed by atoms with Crippen molar-refractivity contribution in [3.8, 4) is 0 Å². The van der Waals surface area contributed by atoms with Crippen LogP contribution in [0.3, 0.4) is 0 Å². The highest BCUT2D eigenvalue weighted by Gasteiger charge is 2.33. The number of hydrogen-bond donors (Lipinski definition) is 0. The molecule has 0 unspecified atom stereocenters. The van der Waals surface area contributed by atoms with Crippen LogP contribution in [0.4, 0.5) is 13.2 Å². The van der Waals surface area contributed by atoms with Gasteiger partial charge in [-0.2, -0.15) is 13.2 Å². The number of benzene rings is 1. The average Bonchev–Trinajstić information content (AvgIpc) is 2.17. The van der Waals surface area contributed by atoms with Crippen LogP contribution >= 0.6 is 27.5 Å². The van der Waals surface area contributed by atoms with Gasteiger partial charge in [0.05, 0.1) is 10.5 Å². The summed E-state index contributed by atoms with van der Waals surface area (Å²) in [6.45, 7) is 0. The second-order valence-corrected chi connectivity index (χ2v) is 4.47. The first-order chi connectivity index (χ1) is 7.38. The summed E-state index contributed by atoms with van der Waals surface area (Å²) in [7, 11) is 0. The lowest BCUT2D eigenvalue weighted by atomic mass is 10.2. The van der Waals surface area contributed by atoms with Crippen LogP contribution in [-0.2, 0) is 6.18 Å². The molecule has 1 heterocycles. The van der Waals surface area contributed by atoms with Gasteiger partial charge in [-0.25, -0.2) is 4.98 Å². The lowest BCUT2D eigenvalue weighted by Crippen LogP contribution is -2.07. The molecule has 2 rings (SSSR count). The highest BCUT2D eigenvalue weighted by Crippen LogP contribution is 2.33. The SMILES string of the molecule is FC(F)(F)c1cc(Cl)c2cc(Br)ccc2n1. The van der Waals surface area contributed by atoms with Crippen molar-refractivity contribution in [2.75, 3.05) is 0 Å². The van der Waals surface area contributed by atoms with Crippen molar-refractivity contribution in [1.82, 2.24) is 4.98 Å². The molecule has 0 N–H and O–H groups in total. The Morgan fingerprint density at radius 2 is 1.88 bits per heavy atom. The molecule has 0 saturated heterocycles. The van der Waals surface area contributed by atoms with E-state index in [1.807, 2.05) is 0 Å². The van der Waals surface area contributed by atoms with Crippen molar-refractivity contribution in [2.45, 2.75) is 6.18 Å². The molecule has 1 aromatic carbocycles. The summed E-state index contributed by atoms with van der Waals surface area (Å²) in [5.74, 6) is 0. The number of aromatic nitrogens is 1. The van der Waals surface area contributed by atoms with Crippen LogP contribution < -0.4 is 0 Å². The Morgan fingerprint density at radius 3 is 2.50 bits per heavy atom. The summed E-state index contributed by atoms with van der Waals surface area (Å²) in [6, 6.07) is 5.56. The van der Waals surface area contributed by atoms with E-state index in [1.165, 1.54) is 6.07 Å². The van der Waals surface area contributed by atoms with E-state index in [0.29, 0.717) is 5.39 Å². The summed E-state index contributed by atoms with van der Waals surface area (Å²) >= 11 is 9.00. The standard InChI is InChI=1S/C10H4BrClF3N/c11-5-1-2-8-6(3-5)7(12)4-9(16-8)10(13,14)15/h1-4H. The first kappa shape index (κ1) is 11.7. The molecule has 0 aliphatic rings. The molecule has 0 bridgehead atoms. The topological polar surface area (TPSA) is 12.9 Å². The number of pyridine rings is 1. The average molecular weight is 310 g/mol. The second kappa shape index (κ2) is 3.89. The molecule has 0 fully saturated rings. The monoisotopic (exact) mass is 309 g/mol. The third-order valence-corrected chi connectivity index (χ3v) is 2.82. The molecule has 2 aromatic rings. The van der Waals surface area contributed by atoms with Gasteiger partial charge in [-0.15, -0.1) is 0 Å². The van der Waals surface area contributed by atoms with E-state index in [0.717, 1.165) is 10.5 Å². The fraction of sp³-hybridized carbons (Fsp3) is 0.100. The quantitative estimate of drug-likeness (QED) is 0.689. The lowest BCUT2D eigenvalue weighted by molar-refractivity contribution is -0.140. The van der Waals surface area contributed by atoms with Gasteiger partial charge in [0.15, 0.2) is 0 Å². The number of alkyl halides is 3. The minimum atomic E-state index is -4.48. The van der Waals surface area contributed by atoms with Crippen molar-refractivity contribution in [1.29, 1.82) is 0 Å². The molecule has 16 heavy (non-hydrogen) atoms. The van der Waals surface area contributed by atoms with E-state index in [2.05, 4.69) is 20.9 Å². The van der Waals surface area contributed by atoms with Crippen LogP contribution in [0.5, 0.6) is 0 Å². The number of hydrogen-bond acceptors (Lipinski definition) is 1. The molecule has 0 aliphatic heterocycles. The summed E-state index contributed by atoms with van der Waals surface area (Å²) in [5.41, 5.74) is -0.754. The molecule has 0 spiro atoms. The Hall–Kier alpha value is -0.810. The molecule has 0 aliphatic carbocycles. The van der Waals surface area contributed by atoms with Crippen LogP contribution in [0.15, 0.2) is 28.7 Å². The van der Waals surface area contributed by atoms with Gasteiger partial charge in [0, 0.05) is 9.86 Å². The fourth-order valence-corrected chi connectivity index (χ4v) is 1.92. The second-order valence-electron chi connectivity index (χ2n) is 3.15. The van der Waals surface area contributed by atoms with E-state index in [4.69, 9.17) is 11.6 Å². The van der Waals surface area contributed by atoms with Gasteiger partial charge in [-0.05, 0) is 24.3 Å². The Kier molecular flexibility index (Phi) is 2.84. The van der Waals surface area contributed by atoms with Gasteiger partial charge in [-0.1, -0.05) is 27.5 Å². The molecule has 84 valence electrons. The number of rotatable bonds is 0. The zero-order valence-corrected chi connectivity index (χ0v) is 9.99. The van der Waals surface area contributed by atoms with Gasteiger partial charge in [0.1, 0.15) is 5.69 Å². The lowest BCUT2D eigenvalue weighted by Gasteiger charge is -2.08. The zero-order chi connectivity index (χ0) is 11.9. The third kappa shape index (κ3) is 2.15. The number of fused-ring (bicyclic) bond motifs is 1. The van der Waals surface area contributed by atoms with Gasteiger partial charge in [-0.3, -0.25) is 0 Å². The number of nitrogens with zero attached hydrogens (tertiary/aromatic N) is 1. The zero-order valence-electron chi connectivity index (χ0n) is 7.65. The molecule has 0 saturated carbocycles. The number of halogens is 5. The predicted molar refractivity (Wildman–Crippen MR) is 59.5 cm³/mol. The maximum atomic E-state index is 12.4. The van der Waals surface area contributed by atoms with Crippen molar-refractivity contribution < 1.29 is 13.2 Å². The highest BCUT2D eigenvalue weighted by molar-refractivity contribution is 9.10. The third-order valence-electron chi connectivity index (χ3n) is 2.01. The Morgan fingerprint density at radius 1 is 1.19 bits per heavy atom. The largest absolute Gasteiger partial charge is 0.433 e. The van der Waals surface area contributed by atoms with Gasteiger partial charge in [0.2, 0.25) is 0 Å². The maximum Gasteiger partial charge on any atom is 0.433 e. The normalized spacial score (nSPS) is 12.1. The summed E-state index contributed by atoms with van der Waals surface area (Å²) in [5, 5.41) is 0.530. The van der Waals surface area contributed by atoms with Crippen LogP contribution in [-0.4, -0.2) is 4.98 Å². The molecule has 0 amide bonds. The summed E-state index contributed by atoms with van der Waals surface area (Å²) in [6.07, 6.45) is -4.48. The fourth-order valence-electron chi connectivity index (χ4n) is 1.30. The van der Waals surface area contributed by atoms with Crippen molar-refractivity contribution in [3.63, 3.8) is 0 Å². The van der Waals surface area contributed by atoms with Crippen molar-refractivity contribution in [3.05, 3.63) is 39.5 Å². The van der Waals surface area contributed by atoms with Crippen LogP contribution in [0, 0.1) is 0 Å². The van der Waals surface area contributed by atoms with Gasteiger partial charge < -0.3 is 0 Å². The van der Waals surface area contributed by atoms with Crippen LogP contribution in [0.1, 0.15) is 5.69 Å². The van der Waals surface area contributed by atoms with Crippen molar-refractivity contribution >= 4 is 38.4 Å². The van der Waals surface area contributed by atoms with Crippen molar-refractivity contribution in [2.24, 2.45) is 0 Å². The van der Waals surface area contributed by atoms with Crippen LogP contribution in [0.25, 0.3) is 10.9 Å². The molecule has 0 atom stereocenters. The maximum absolute atomic E-state index is 12.4. The minimum Gasteiger partial charge on any atom is -0.243 e. The summed E-state index contributed by atoms with van der Waals surface area (Å²) in [4.78, 5) is 3.52. The Labute approximate surface area is 102 Å². The van der Waals surface area contributed by atoms with E-state index in [-0.39, 0.29) is 10.5 Å². The first-order valence-corrected chi connectivity index (χ1v) is 5.38. The molecular formula is C10H4BrClF3N. The Balaban J connectivity index is 2.74. The first-order valence-electron chi connectivity index (χ1n) is 4.21. The molecule has 1 nitrogen and oxygen atoms in total. The molecule has 6 heteroatoms. The minimum absolute atomic E-state index is 0.0404. The van der Waals surface area contributed by atoms with E-state index in [1.54, 1.807) is 12.1 Å². The van der Waals surface area contributed by atoms with E-state index in [9.17, 15) is 13.2 Å². The molecule has 0 radical (unpaired) electrons. The van der Waals surface area contributed by atoms with Gasteiger partial charge >= 0.3 is 6.18 Å². The smallest absolute Gasteiger partial charge is 0.243 e. The molecular weight excluding hydrogens is 306 g/mol. The van der Waals surface area contributed by atoms with Gasteiger partial charge in [0.25, 0.3) is 0 Å². The molecule has 1 aromatic heterocycles. The Bertz CT molecular complexity index is 553. The summed E-state index contributed by atoms with van der Waals surface area (Å²) < 4.78 is 38.1. The predicted octanol–water partition coefficient (Wildman–Crippen LogP) is 4.67. The van der Waals surface area contributed by atoms with E-state index < -0.39 is 11.9 Å². The van der Waals surface area contributed by atoms with Crippen LogP contribution in [0.2, 0.25) is 5.02 Å². The highest BCUT2D eigenvalue weighted by atomic mass is 79.9.